The molecule has 2 fully saturated rings. The smallest absolute Gasteiger partial charge is 0.185 e. The topological polar surface area (TPSA) is 89.9 Å². The van der Waals surface area contributed by atoms with E-state index in [4.69, 9.17) is 23.7 Å². The lowest BCUT2D eigenvalue weighted by Gasteiger charge is -2.36. The molecule has 3 aliphatic rings. The molecule has 186 valence electrons. The number of rotatable bonds is 4. The molecule has 1 saturated carbocycles. The van der Waals surface area contributed by atoms with Crippen molar-refractivity contribution in [2.75, 3.05) is 19.8 Å². The Morgan fingerprint density at radius 3 is 2.89 bits per heavy atom. The maximum absolute atomic E-state index is 13.1. The van der Waals surface area contributed by atoms with Crippen LogP contribution in [0, 0.1) is 3.70 Å². The van der Waals surface area contributed by atoms with Gasteiger partial charge in [-0.2, -0.15) is 5.10 Å². The number of carbonyl (C=O) groups is 1. The Hall–Kier alpha value is -1.53. The Bertz CT molecular complexity index is 1410. The van der Waals surface area contributed by atoms with Crippen LogP contribution in [0.5, 0.6) is 0 Å². The van der Waals surface area contributed by atoms with Gasteiger partial charge in [0.15, 0.2) is 22.9 Å². The molecular weight excluding hydrogens is 575 g/mol. The molecule has 3 atom stereocenters. The second-order valence-electron chi connectivity index (χ2n) is 10.0. The van der Waals surface area contributed by atoms with E-state index in [-0.39, 0.29) is 17.9 Å². The van der Waals surface area contributed by atoms with Crippen molar-refractivity contribution in [3.05, 3.63) is 15.0 Å². The van der Waals surface area contributed by atoms with Crippen molar-refractivity contribution in [3.8, 4) is 11.5 Å². The molecule has 0 amide bonds. The summed E-state index contributed by atoms with van der Waals surface area (Å²) >= 11 is 3.73. The van der Waals surface area contributed by atoms with Gasteiger partial charge in [-0.15, -0.1) is 11.8 Å². The number of likely N-dealkylation sites (tertiary alicyclic amines) is 1. The summed E-state index contributed by atoms with van der Waals surface area (Å²) in [5.41, 5.74) is 1.67. The van der Waals surface area contributed by atoms with Crippen LogP contribution in [-0.4, -0.2) is 61.4 Å². The Labute approximate surface area is 227 Å². The molecule has 6 rings (SSSR count). The van der Waals surface area contributed by atoms with Gasteiger partial charge >= 0.3 is 0 Å². The van der Waals surface area contributed by atoms with Crippen LogP contribution in [0.4, 0.5) is 0 Å². The molecule has 10 heteroatoms. The summed E-state index contributed by atoms with van der Waals surface area (Å²) in [6.07, 6.45) is 9.47. The lowest BCUT2D eigenvalue weighted by Crippen LogP contribution is -2.41. The minimum absolute atomic E-state index is 0.172. The van der Waals surface area contributed by atoms with Gasteiger partial charge in [-0.05, 0) is 94.2 Å². The van der Waals surface area contributed by atoms with Gasteiger partial charge in [0.1, 0.15) is 14.5 Å². The van der Waals surface area contributed by atoms with Gasteiger partial charge in [-0.3, -0.25) is 4.79 Å². The number of carbonyl (C=O) groups excluding carboxylic acids is 1. The summed E-state index contributed by atoms with van der Waals surface area (Å²) in [5.74, 6) is 1.45. The second kappa shape index (κ2) is 9.09. The van der Waals surface area contributed by atoms with Gasteiger partial charge in [-0.25, -0.2) is 14.6 Å². The summed E-state index contributed by atoms with van der Waals surface area (Å²) in [6.45, 7) is 0.417. The summed E-state index contributed by atoms with van der Waals surface area (Å²) in [5, 5.41) is 11.0. The lowest BCUT2D eigenvalue weighted by atomic mass is 9.64. The minimum Gasteiger partial charge on any atom is -0.359 e. The van der Waals surface area contributed by atoms with Crippen LogP contribution >= 0.6 is 34.4 Å². The fourth-order valence-corrected chi connectivity index (χ4v) is 7.81. The van der Waals surface area contributed by atoms with E-state index in [2.05, 4.69) is 27.7 Å². The molecule has 2 aliphatic carbocycles. The first-order valence-electron chi connectivity index (χ1n) is 13.9. The number of aromatic nitrogens is 5. The van der Waals surface area contributed by atoms with E-state index < -0.39 is 12.4 Å². The normalized spacial score (nSPS) is 27.7. The molecule has 35 heavy (non-hydrogen) atoms. The maximum Gasteiger partial charge on any atom is 0.185 e. The van der Waals surface area contributed by atoms with Gasteiger partial charge in [-0.1, -0.05) is 11.6 Å². The molecule has 0 bridgehead atoms. The van der Waals surface area contributed by atoms with Crippen molar-refractivity contribution in [2.45, 2.75) is 87.2 Å². The van der Waals surface area contributed by atoms with E-state index in [9.17, 15) is 4.79 Å². The summed E-state index contributed by atoms with van der Waals surface area (Å²) in [7, 11) is 0. The van der Waals surface area contributed by atoms with Gasteiger partial charge in [0.2, 0.25) is 0 Å². The highest BCUT2D eigenvalue weighted by molar-refractivity contribution is 14.1. The number of thioether (sulfide) groups is 1. The molecule has 3 aromatic heterocycles. The zero-order chi connectivity index (χ0) is 26.8. The van der Waals surface area contributed by atoms with Crippen LogP contribution < -0.4 is 0 Å². The Kier molecular flexibility index (Phi) is 5.33. The Balaban J connectivity index is 1.47. The third-order valence-corrected chi connectivity index (χ3v) is 9.60. The van der Waals surface area contributed by atoms with Crippen LogP contribution in [0.15, 0.2) is 9.55 Å². The highest BCUT2D eigenvalue weighted by Gasteiger charge is 2.48. The highest BCUT2D eigenvalue weighted by atomic mass is 127. The van der Waals surface area contributed by atoms with Crippen LogP contribution in [0.1, 0.15) is 79.8 Å². The van der Waals surface area contributed by atoms with Crippen LogP contribution in [-0.2, 0) is 16.6 Å². The van der Waals surface area contributed by atoms with Crippen LogP contribution in [0.2, 0.25) is 0 Å². The molecule has 4 heterocycles. The zero-order valence-corrected chi connectivity index (χ0v) is 23.0. The molecule has 3 aromatic rings. The Morgan fingerprint density at radius 1 is 1.23 bits per heavy atom. The number of ketones is 1. The van der Waals surface area contributed by atoms with Crippen molar-refractivity contribution in [1.29, 1.82) is 0 Å². The van der Waals surface area contributed by atoms with Gasteiger partial charge in [0, 0.05) is 22.1 Å². The number of likely N-dealkylation sites (N-methyl/N-ethyl adjacent to an activating group) is 1. The van der Waals surface area contributed by atoms with E-state index >= 15 is 0 Å². The van der Waals surface area contributed by atoms with E-state index in [0.717, 1.165) is 71.0 Å². The SMILES string of the molecule is [2H]C([2H])([2H])N1CCC[C@H]1[C@H](C)n1nc(I)c2c(SC)nc(-c3noc4c3CCC[C@@]43CCCCC3=O)nc21. The van der Waals surface area contributed by atoms with E-state index in [0.29, 0.717) is 35.9 Å². The van der Waals surface area contributed by atoms with E-state index in [1.165, 1.54) is 11.8 Å². The predicted octanol–water partition coefficient (Wildman–Crippen LogP) is 5.18. The van der Waals surface area contributed by atoms with Crippen molar-refractivity contribution >= 4 is 51.2 Å². The molecule has 0 radical (unpaired) electrons. The molecule has 1 saturated heterocycles. The first-order chi connectivity index (χ1) is 18.2. The summed E-state index contributed by atoms with van der Waals surface area (Å²) < 4.78 is 32.7. The van der Waals surface area contributed by atoms with Crippen LogP contribution in [0.3, 0.4) is 0 Å². The first-order valence-corrected chi connectivity index (χ1v) is 14.8. The molecule has 0 N–H and O–H groups in total. The number of nitrogens with zero attached hydrogens (tertiary/aromatic N) is 6. The third-order valence-electron chi connectivity index (χ3n) is 8.17. The van der Waals surface area contributed by atoms with Crippen molar-refractivity contribution in [1.82, 2.24) is 29.8 Å². The zero-order valence-electron chi connectivity index (χ0n) is 23.0. The highest BCUT2D eigenvalue weighted by Crippen LogP contribution is 2.47. The van der Waals surface area contributed by atoms with Crippen molar-refractivity contribution < 1.29 is 13.4 Å². The van der Waals surface area contributed by atoms with Crippen LogP contribution in [0.25, 0.3) is 22.6 Å². The monoisotopic (exact) mass is 609 g/mol. The number of Topliss-reactive ketones (excluding diaryl/α,β-unsaturated/α-hetero) is 1. The number of hydrogen-bond acceptors (Lipinski definition) is 8. The van der Waals surface area contributed by atoms with Gasteiger partial charge in [0.05, 0.1) is 16.8 Å². The standard InChI is InChI=1S/C25H31IN6O2S/c1-14(16-9-7-13-31(16)2)32-23-18(21(26)29-32)24(35-3)28-22(27-23)19-15-8-6-12-25(20(15)34-30-19)11-5-4-10-17(25)33/h14,16H,4-13H2,1-3H3/t14-,16-,25+/m0/s1/i2D3. The predicted molar refractivity (Wildman–Crippen MR) is 144 cm³/mol. The second-order valence-corrected chi connectivity index (χ2v) is 11.9. The van der Waals surface area contributed by atoms with Crippen molar-refractivity contribution in [3.63, 3.8) is 0 Å². The first kappa shape index (κ1) is 20.5. The molecule has 0 unspecified atom stereocenters. The van der Waals surface area contributed by atoms with Crippen molar-refractivity contribution in [2.24, 2.45) is 0 Å². The minimum atomic E-state index is -2.15. The number of hydrogen-bond donors (Lipinski definition) is 0. The fourth-order valence-electron chi connectivity index (χ4n) is 6.33. The Morgan fingerprint density at radius 2 is 2.09 bits per heavy atom. The quantitative estimate of drug-likeness (QED) is 0.227. The molecular formula is C25H31IN6O2S. The molecule has 8 nitrogen and oxygen atoms in total. The fraction of sp³-hybridized carbons (Fsp3) is 0.640. The molecule has 1 spiro atoms. The molecule has 0 aromatic carbocycles. The summed E-state index contributed by atoms with van der Waals surface area (Å²) in [4.78, 5) is 24.6. The maximum atomic E-state index is 13.1. The van der Waals surface area contributed by atoms with Gasteiger partial charge < -0.3 is 9.42 Å². The number of halogens is 1. The average Bonchev–Trinajstić information content (AvgIpc) is 3.63. The third kappa shape index (κ3) is 3.68. The largest absolute Gasteiger partial charge is 0.359 e. The average molecular weight is 610 g/mol. The summed E-state index contributed by atoms with van der Waals surface area (Å²) in [6, 6.07) is -0.370. The van der Waals surface area contributed by atoms with E-state index in [1.54, 1.807) is 4.90 Å². The molecule has 1 aliphatic heterocycles. The lowest BCUT2D eigenvalue weighted by molar-refractivity contribution is -0.128. The van der Waals surface area contributed by atoms with E-state index in [1.807, 2.05) is 17.9 Å². The van der Waals surface area contributed by atoms with Gasteiger partial charge in [0.25, 0.3) is 0 Å². The number of fused-ring (bicyclic) bond motifs is 3.